The highest BCUT2D eigenvalue weighted by atomic mass is 16.6. The number of pyridine rings is 1. The lowest BCUT2D eigenvalue weighted by atomic mass is 10.0. The van der Waals surface area contributed by atoms with E-state index in [1.165, 1.54) is 0 Å². The van der Waals surface area contributed by atoms with Crippen molar-refractivity contribution in [2.45, 2.75) is 39.3 Å². The Labute approximate surface area is 124 Å². The van der Waals surface area contributed by atoms with E-state index < -0.39 is 5.60 Å². The van der Waals surface area contributed by atoms with Gasteiger partial charge in [0.15, 0.2) is 0 Å². The van der Waals surface area contributed by atoms with Crippen LogP contribution in [0.2, 0.25) is 0 Å². The second-order valence-electron chi connectivity index (χ2n) is 6.44. The van der Waals surface area contributed by atoms with Gasteiger partial charge in [0.1, 0.15) is 5.60 Å². The molecule has 1 aliphatic heterocycles. The Kier molecular flexibility index (Phi) is 3.32. The van der Waals surface area contributed by atoms with Gasteiger partial charge in [-0.15, -0.1) is 0 Å². The first kappa shape index (κ1) is 13.9. The second kappa shape index (κ2) is 5.02. The van der Waals surface area contributed by atoms with Crippen LogP contribution in [0.15, 0.2) is 30.3 Å². The van der Waals surface area contributed by atoms with E-state index in [1.807, 2.05) is 39.0 Å². The number of carbonyl (C=O) groups excluding carboxylic acids is 1. The zero-order chi connectivity index (χ0) is 15.0. The molecule has 2 aromatic rings. The molecule has 0 N–H and O–H groups in total. The van der Waals surface area contributed by atoms with Gasteiger partial charge in [0, 0.05) is 24.0 Å². The highest BCUT2D eigenvalue weighted by molar-refractivity contribution is 5.79. The molecular formula is C17H20N2O2. The van der Waals surface area contributed by atoms with Gasteiger partial charge >= 0.3 is 6.09 Å². The average molecular weight is 284 g/mol. The third-order valence-electron chi connectivity index (χ3n) is 3.52. The van der Waals surface area contributed by atoms with E-state index >= 15 is 0 Å². The fourth-order valence-electron chi connectivity index (χ4n) is 2.56. The topological polar surface area (TPSA) is 42.4 Å². The van der Waals surface area contributed by atoms with E-state index in [4.69, 9.17) is 9.72 Å². The molecule has 1 aromatic carbocycles. The van der Waals surface area contributed by atoms with Gasteiger partial charge < -0.3 is 9.64 Å². The molecule has 4 heteroatoms. The molecule has 1 aliphatic rings. The van der Waals surface area contributed by atoms with Crippen molar-refractivity contribution in [1.82, 2.24) is 9.88 Å². The molecule has 0 saturated carbocycles. The van der Waals surface area contributed by atoms with Gasteiger partial charge in [-0.1, -0.05) is 18.2 Å². The minimum absolute atomic E-state index is 0.249. The van der Waals surface area contributed by atoms with Crippen LogP contribution >= 0.6 is 0 Å². The molecule has 21 heavy (non-hydrogen) atoms. The predicted octanol–water partition coefficient (Wildman–Crippen LogP) is 3.53. The number of amides is 1. The molecule has 0 radical (unpaired) electrons. The van der Waals surface area contributed by atoms with Crippen molar-refractivity contribution in [3.8, 4) is 0 Å². The summed E-state index contributed by atoms with van der Waals surface area (Å²) in [5.74, 6) is 0. The van der Waals surface area contributed by atoms with Gasteiger partial charge in [-0.05, 0) is 38.5 Å². The van der Waals surface area contributed by atoms with Crippen LogP contribution in [0.4, 0.5) is 4.79 Å². The number of benzene rings is 1. The summed E-state index contributed by atoms with van der Waals surface area (Å²) in [4.78, 5) is 18.6. The molecule has 110 valence electrons. The number of ether oxygens (including phenoxy) is 1. The molecule has 1 amide bonds. The quantitative estimate of drug-likeness (QED) is 0.743. The maximum absolute atomic E-state index is 12.2. The molecule has 0 saturated heterocycles. The monoisotopic (exact) mass is 284 g/mol. The summed E-state index contributed by atoms with van der Waals surface area (Å²) in [7, 11) is 0. The molecule has 0 aliphatic carbocycles. The van der Waals surface area contributed by atoms with Crippen molar-refractivity contribution in [2.75, 3.05) is 6.54 Å². The highest BCUT2D eigenvalue weighted by Gasteiger charge is 2.26. The summed E-state index contributed by atoms with van der Waals surface area (Å²) < 4.78 is 5.45. The van der Waals surface area contributed by atoms with E-state index in [9.17, 15) is 4.79 Å². The van der Waals surface area contributed by atoms with Crippen molar-refractivity contribution in [1.29, 1.82) is 0 Å². The second-order valence-corrected chi connectivity index (χ2v) is 6.44. The summed E-state index contributed by atoms with van der Waals surface area (Å²) in [6, 6.07) is 10.2. The molecule has 4 nitrogen and oxygen atoms in total. The van der Waals surface area contributed by atoms with Crippen molar-refractivity contribution in [3.63, 3.8) is 0 Å². The van der Waals surface area contributed by atoms with Gasteiger partial charge in [0.2, 0.25) is 0 Å². The van der Waals surface area contributed by atoms with E-state index in [1.54, 1.807) is 4.90 Å². The number of carbonyl (C=O) groups is 1. The van der Waals surface area contributed by atoms with Crippen LogP contribution in [0.1, 0.15) is 32.0 Å². The van der Waals surface area contributed by atoms with Gasteiger partial charge in [-0.3, -0.25) is 4.98 Å². The summed E-state index contributed by atoms with van der Waals surface area (Å²) in [6.07, 6.45) is 0.528. The zero-order valence-electron chi connectivity index (χ0n) is 12.7. The Morgan fingerprint density at radius 3 is 2.81 bits per heavy atom. The molecule has 2 heterocycles. The molecule has 0 spiro atoms. The first-order valence-electron chi connectivity index (χ1n) is 7.28. The summed E-state index contributed by atoms with van der Waals surface area (Å²) >= 11 is 0. The van der Waals surface area contributed by atoms with Crippen LogP contribution in [0.5, 0.6) is 0 Å². The molecule has 0 fully saturated rings. The lowest BCUT2D eigenvalue weighted by Gasteiger charge is -2.31. The molecular weight excluding hydrogens is 264 g/mol. The predicted molar refractivity (Wildman–Crippen MR) is 82.1 cm³/mol. The van der Waals surface area contributed by atoms with Crippen molar-refractivity contribution in [2.24, 2.45) is 0 Å². The Balaban J connectivity index is 1.85. The lowest BCUT2D eigenvalue weighted by molar-refractivity contribution is 0.0223. The van der Waals surface area contributed by atoms with Crippen molar-refractivity contribution in [3.05, 3.63) is 41.6 Å². The first-order chi connectivity index (χ1) is 9.92. The summed E-state index contributed by atoms with van der Waals surface area (Å²) in [5.41, 5.74) is 2.76. The van der Waals surface area contributed by atoms with Crippen LogP contribution in [-0.4, -0.2) is 28.1 Å². The number of rotatable bonds is 0. The van der Waals surface area contributed by atoms with Gasteiger partial charge in [-0.2, -0.15) is 0 Å². The fourth-order valence-corrected chi connectivity index (χ4v) is 2.56. The molecule has 0 bridgehead atoms. The molecule has 3 rings (SSSR count). The SMILES string of the molecule is CC(C)(C)OC(=O)N1CCc2nc3ccccc3cc2C1. The number of aromatic nitrogens is 1. The maximum atomic E-state index is 12.2. The highest BCUT2D eigenvalue weighted by Crippen LogP contribution is 2.23. The number of nitrogens with zero attached hydrogens (tertiary/aromatic N) is 2. The molecule has 1 aromatic heterocycles. The molecule has 0 atom stereocenters. The van der Waals surface area contributed by atoms with Crippen molar-refractivity contribution >= 4 is 17.0 Å². The maximum Gasteiger partial charge on any atom is 0.410 e. The van der Waals surface area contributed by atoms with Crippen LogP contribution < -0.4 is 0 Å². The minimum Gasteiger partial charge on any atom is -0.444 e. The smallest absolute Gasteiger partial charge is 0.410 e. The summed E-state index contributed by atoms with van der Waals surface area (Å²) in [5, 5.41) is 1.11. The lowest BCUT2D eigenvalue weighted by Crippen LogP contribution is -2.40. The van der Waals surface area contributed by atoms with E-state index in [2.05, 4.69) is 12.1 Å². The first-order valence-corrected chi connectivity index (χ1v) is 7.28. The third-order valence-corrected chi connectivity index (χ3v) is 3.52. The van der Waals surface area contributed by atoms with Gasteiger partial charge in [0.05, 0.1) is 12.1 Å². The largest absolute Gasteiger partial charge is 0.444 e. The molecule has 0 unspecified atom stereocenters. The van der Waals surface area contributed by atoms with Crippen LogP contribution in [0, 0.1) is 0 Å². The number of fused-ring (bicyclic) bond motifs is 2. The number of hydrogen-bond donors (Lipinski definition) is 0. The minimum atomic E-state index is -0.459. The average Bonchev–Trinajstić information content (AvgIpc) is 2.42. The Hall–Kier alpha value is -2.10. The normalized spacial score (nSPS) is 14.9. The Morgan fingerprint density at radius 1 is 1.29 bits per heavy atom. The summed E-state index contributed by atoms with van der Waals surface area (Å²) in [6.45, 7) is 6.89. The number of para-hydroxylation sites is 1. The van der Waals surface area contributed by atoms with Crippen LogP contribution in [0.3, 0.4) is 0 Å². The zero-order valence-corrected chi connectivity index (χ0v) is 12.7. The van der Waals surface area contributed by atoms with Crippen molar-refractivity contribution < 1.29 is 9.53 Å². The Bertz CT molecular complexity index is 689. The van der Waals surface area contributed by atoms with Gasteiger partial charge in [-0.25, -0.2) is 4.79 Å². The standard InChI is InChI=1S/C17H20N2O2/c1-17(2,3)21-16(20)19-9-8-15-13(11-19)10-12-6-4-5-7-14(12)18-15/h4-7,10H,8-9,11H2,1-3H3. The van der Waals surface area contributed by atoms with E-state index in [-0.39, 0.29) is 6.09 Å². The van der Waals surface area contributed by atoms with E-state index in [0.717, 1.165) is 28.6 Å². The fraction of sp³-hybridized carbons (Fsp3) is 0.412. The van der Waals surface area contributed by atoms with Crippen LogP contribution in [0.25, 0.3) is 10.9 Å². The Morgan fingerprint density at radius 2 is 2.05 bits per heavy atom. The van der Waals surface area contributed by atoms with E-state index in [0.29, 0.717) is 13.1 Å². The van der Waals surface area contributed by atoms with Gasteiger partial charge in [0.25, 0.3) is 0 Å². The number of hydrogen-bond acceptors (Lipinski definition) is 3. The third kappa shape index (κ3) is 2.99. The van der Waals surface area contributed by atoms with Crippen LogP contribution in [-0.2, 0) is 17.7 Å².